The highest BCUT2D eigenvalue weighted by Crippen LogP contribution is 2.59. The van der Waals surface area contributed by atoms with Gasteiger partial charge in [0.1, 0.15) is 33.9 Å². The average molecular weight is 897 g/mol. The quantitative estimate of drug-likeness (QED) is 0.152. The van der Waals surface area contributed by atoms with Crippen LogP contribution >= 0.6 is 11.6 Å². The fourth-order valence-electron chi connectivity index (χ4n) is 9.20. The van der Waals surface area contributed by atoms with Gasteiger partial charge < -0.3 is 19.7 Å². The molecule has 2 aromatic carbocycles. The van der Waals surface area contributed by atoms with Crippen LogP contribution in [0.5, 0.6) is 0 Å². The van der Waals surface area contributed by atoms with Crippen LogP contribution in [0.25, 0.3) is 27.9 Å². The summed E-state index contributed by atoms with van der Waals surface area (Å²) >= 11 is 6.03. The lowest BCUT2D eigenvalue weighted by Gasteiger charge is -2.35. The zero-order valence-electron chi connectivity index (χ0n) is 34.2. The summed E-state index contributed by atoms with van der Waals surface area (Å²) in [5, 5.41) is 4.20. The number of amides is 2. The molecule has 1 aliphatic carbocycles. The summed E-state index contributed by atoms with van der Waals surface area (Å²) in [7, 11) is 0. The van der Waals surface area contributed by atoms with E-state index in [-0.39, 0.29) is 80.1 Å². The van der Waals surface area contributed by atoms with E-state index in [0.717, 1.165) is 16.6 Å². The summed E-state index contributed by atoms with van der Waals surface area (Å²) in [6, 6.07) is 16.6. The summed E-state index contributed by atoms with van der Waals surface area (Å²) in [4.78, 5) is 63.3. The van der Waals surface area contributed by atoms with Gasteiger partial charge >= 0.3 is 11.9 Å². The molecule has 64 heavy (non-hydrogen) atoms. The molecule has 0 unspecified atom stereocenters. The lowest BCUT2D eigenvalue weighted by Crippen LogP contribution is -2.48. The highest BCUT2D eigenvalue weighted by Gasteiger charge is 2.69. The number of nitrogens with zero attached hydrogens (tertiary/aromatic N) is 9. The second-order valence-electron chi connectivity index (χ2n) is 16.5. The Morgan fingerprint density at radius 3 is 2.42 bits per heavy atom. The van der Waals surface area contributed by atoms with Crippen molar-refractivity contribution in [3.63, 3.8) is 0 Å². The monoisotopic (exact) mass is 896 g/mol. The van der Waals surface area contributed by atoms with E-state index < -0.39 is 40.9 Å². The molecule has 13 nitrogen and oxygen atoms in total. The number of aryl methyl sites for hydroxylation is 1. The normalized spacial score (nSPS) is 16.4. The predicted octanol–water partition coefficient (Wildman–Crippen LogP) is 8.06. The topological polar surface area (TPSA) is 136 Å². The minimum Gasteiger partial charge on any atom is -0.342 e. The van der Waals surface area contributed by atoms with Crippen LogP contribution in [-0.4, -0.2) is 81.1 Å². The van der Waals surface area contributed by atoms with Crippen molar-refractivity contribution in [3.05, 3.63) is 134 Å². The molecule has 1 saturated carbocycles. The van der Waals surface area contributed by atoms with Gasteiger partial charge in [0.25, 0.3) is 5.91 Å². The van der Waals surface area contributed by atoms with Crippen molar-refractivity contribution in [2.45, 2.75) is 64.3 Å². The summed E-state index contributed by atoms with van der Waals surface area (Å²) in [6.45, 7) is 2.45. The number of carbonyl (C=O) groups excluding carboxylic acids is 2. The standard InChI is InChI=1S/C45H38ClF5N10O3/c1-25-37-39(56-42(54-25)55-29-5-2-4-28(47)21-29)61(30-11-17-57(18-12-30)41(63)44(14-15-44)45(49,50)51)43(64)60(37)31-9-10-35(53-22-31)40(62)58-19-13-32-33-6-3-16-52-38(33)59(36(32)24-58)23-26-7-8-27(46)20-34(26)48/h2-10,16,20-22,30H,11-15,17-19,23-24H2,1H3,(H,54,55,56). The Kier molecular flexibility index (Phi) is 10.0. The summed E-state index contributed by atoms with van der Waals surface area (Å²) in [5.74, 6) is -2.17. The Balaban J connectivity index is 0.961. The van der Waals surface area contributed by atoms with Gasteiger partial charge in [-0.15, -0.1) is 0 Å². The Morgan fingerprint density at radius 2 is 1.72 bits per heavy atom. The van der Waals surface area contributed by atoms with Crippen molar-refractivity contribution in [1.82, 2.24) is 43.4 Å². The fraction of sp³-hybridized carbons (Fsp3) is 0.311. The van der Waals surface area contributed by atoms with E-state index in [4.69, 9.17) is 16.6 Å². The SMILES string of the molecule is Cc1nc(Nc2cccc(F)c2)nc2c1n(-c1ccc(C(=O)N3CCc4c(n(Cc5ccc(Cl)cc5F)c5ncccc45)C3)nc1)c(=O)n2C1CCN(C(=O)C2(C(F)(F)F)CC2)CC1. The van der Waals surface area contributed by atoms with Crippen molar-refractivity contribution < 1.29 is 31.5 Å². The van der Waals surface area contributed by atoms with Gasteiger partial charge in [-0.3, -0.25) is 18.7 Å². The van der Waals surface area contributed by atoms with Crippen LogP contribution in [0.2, 0.25) is 5.02 Å². The first kappa shape index (κ1) is 41.3. The average Bonchev–Trinajstić information content (AvgIpc) is 3.98. The van der Waals surface area contributed by atoms with Crippen LogP contribution in [-0.2, 0) is 24.3 Å². The number of anilines is 2. The molecule has 19 heteroatoms. The van der Waals surface area contributed by atoms with E-state index in [1.807, 2.05) is 16.7 Å². The van der Waals surface area contributed by atoms with Gasteiger partial charge in [0.05, 0.1) is 30.7 Å². The zero-order valence-corrected chi connectivity index (χ0v) is 34.9. The molecule has 1 saturated heterocycles. The number of halogens is 6. The number of piperidine rings is 1. The van der Waals surface area contributed by atoms with Crippen molar-refractivity contribution >= 4 is 57.2 Å². The van der Waals surface area contributed by atoms with Crippen LogP contribution in [0.4, 0.5) is 33.6 Å². The lowest BCUT2D eigenvalue weighted by atomic mass is 9.99. The maximum atomic E-state index is 15.0. The van der Waals surface area contributed by atoms with Gasteiger partial charge in [-0.25, -0.2) is 28.5 Å². The molecule has 7 aromatic rings. The van der Waals surface area contributed by atoms with Crippen LogP contribution in [0.15, 0.2) is 83.9 Å². The van der Waals surface area contributed by atoms with E-state index in [1.165, 1.54) is 50.6 Å². The van der Waals surface area contributed by atoms with Crippen molar-refractivity contribution in [1.29, 1.82) is 0 Å². The number of hydrogen-bond donors (Lipinski definition) is 1. The number of carbonyl (C=O) groups is 2. The smallest absolute Gasteiger partial charge is 0.342 e. The Bertz CT molecular complexity index is 3080. The first-order valence-corrected chi connectivity index (χ1v) is 21.1. The summed E-state index contributed by atoms with van der Waals surface area (Å²) in [6.07, 6.45) is -1.16. The molecular formula is C45H38ClF5N10O3. The number of nitrogens with one attached hydrogen (secondary N) is 1. The third-order valence-corrected chi connectivity index (χ3v) is 12.9. The molecule has 0 atom stereocenters. The van der Waals surface area contributed by atoms with E-state index in [1.54, 1.807) is 42.3 Å². The van der Waals surface area contributed by atoms with Crippen molar-refractivity contribution in [2.24, 2.45) is 5.41 Å². The van der Waals surface area contributed by atoms with Gasteiger partial charge in [-0.1, -0.05) is 23.7 Å². The zero-order chi connectivity index (χ0) is 44.7. The number of alkyl halides is 3. The number of fused-ring (bicyclic) bond motifs is 4. The van der Waals surface area contributed by atoms with Gasteiger partial charge in [0.15, 0.2) is 5.65 Å². The predicted molar refractivity (Wildman–Crippen MR) is 227 cm³/mol. The van der Waals surface area contributed by atoms with Crippen molar-refractivity contribution in [3.8, 4) is 5.69 Å². The maximum absolute atomic E-state index is 15.0. The van der Waals surface area contributed by atoms with Crippen LogP contribution < -0.4 is 11.0 Å². The lowest BCUT2D eigenvalue weighted by molar-refractivity contribution is -0.199. The van der Waals surface area contributed by atoms with Gasteiger partial charge in [0.2, 0.25) is 11.9 Å². The first-order valence-electron chi connectivity index (χ1n) is 20.8. The highest BCUT2D eigenvalue weighted by atomic mass is 35.5. The minimum atomic E-state index is -4.64. The van der Waals surface area contributed by atoms with E-state index >= 15 is 4.39 Å². The largest absolute Gasteiger partial charge is 0.403 e. The first-order chi connectivity index (χ1) is 30.7. The van der Waals surface area contributed by atoms with Crippen LogP contribution in [0.1, 0.15) is 64.7 Å². The molecule has 2 amide bonds. The molecule has 1 N–H and O–H groups in total. The highest BCUT2D eigenvalue weighted by molar-refractivity contribution is 6.30. The Labute approximate surface area is 366 Å². The second kappa shape index (κ2) is 15.5. The molecule has 0 radical (unpaired) electrons. The molecule has 2 aliphatic heterocycles. The third kappa shape index (κ3) is 7.03. The molecule has 328 valence electrons. The minimum absolute atomic E-state index is 0.00451. The van der Waals surface area contributed by atoms with E-state index in [0.29, 0.717) is 46.8 Å². The molecule has 3 aliphatic rings. The fourth-order valence-corrected chi connectivity index (χ4v) is 9.36. The second-order valence-corrected chi connectivity index (χ2v) is 17.0. The number of rotatable bonds is 8. The summed E-state index contributed by atoms with van der Waals surface area (Å²) < 4.78 is 75.5. The number of pyridine rings is 2. The maximum Gasteiger partial charge on any atom is 0.403 e. The van der Waals surface area contributed by atoms with Gasteiger partial charge in [-0.2, -0.15) is 18.2 Å². The molecular weight excluding hydrogens is 859 g/mol. The molecule has 10 rings (SSSR count). The Morgan fingerprint density at radius 1 is 0.922 bits per heavy atom. The molecule has 0 spiro atoms. The molecule has 0 bridgehead atoms. The number of likely N-dealkylation sites (tertiary alicyclic amines) is 1. The number of benzene rings is 2. The molecule has 2 fully saturated rings. The number of hydrogen-bond acceptors (Lipinski definition) is 8. The number of imidazole rings is 1. The number of aromatic nitrogens is 7. The van der Waals surface area contributed by atoms with Crippen LogP contribution in [0, 0.1) is 24.0 Å². The van der Waals surface area contributed by atoms with Gasteiger partial charge in [-0.05, 0) is 99.2 Å². The Hall–Kier alpha value is -6.69. The molecule has 5 aromatic heterocycles. The van der Waals surface area contributed by atoms with Crippen LogP contribution in [0.3, 0.4) is 0 Å². The van der Waals surface area contributed by atoms with Crippen molar-refractivity contribution in [2.75, 3.05) is 25.0 Å². The van der Waals surface area contributed by atoms with E-state index in [2.05, 4.69) is 20.3 Å². The van der Waals surface area contributed by atoms with Gasteiger partial charge in [0, 0.05) is 59.2 Å². The molecule has 7 heterocycles. The summed E-state index contributed by atoms with van der Waals surface area (Å²) in [5.41, 5.74) is 1.75. The van der Waals surface area contributed by atoms with E-state index in [9.17, 15) is 31.9 Å². The third-order valence-electron chi connectivity index (χ3n) is 12.7.